The summed E-state index contributed by atoms with van der Waals surface area (Å²) in [5, 5.41) is 23.6. The molecule has 0 aromatic rings. The lowest BCUT2D eigenvalue weighted by Crippen LogP contribution is -2.46. The second kappa shape index (κ2) is 44.9. The molecule has 1 amide bonds. The van der Waals surface area contributed by atoms with E-state index >= 15 is 0 Å². The van der Waals surface area contributed by atoms with Gasteiger partial charge in [0.05, 0.1) is 25.2 Å². The number of rotatable bonds is 40. The van der Waals surface area contributed by atoms with Gasteiger partial charge in [-0.2, -0.15) is 0 Å². The van der Waals surface area contributed by atoms with Gasteiger partial charge in [0.15, 0.2) is 0 Å². The molecule has 6 nitrogen and oxygen atoms in total. The highest BCUT2D eigenvalue weighted by molar-refractivity contribution is 5.77. The highest BCUT2D eigenvalue weighted by Crippen LogP contribution is 2.15. The SMILES string of the molecule is CC/C=C\C/C=C\C/C=C\C/C=C\C/C=C\CC(CC(=O)NC(CO)C(O)CCCCCCCCCCCCC)OC(=O)CCCCCCC\C=C/C=C/C=C/CC. The van der Waals surface area contributed by atoms with Crippen LogP contribution in [-0.2, 0) is 14.3 Å². The largest absolute Gasteiger partial charge is 0.461 e. The number of aliphatic hydroxyl groups excluding tert-OH is 2. The molecule has 0 bridgehead atoms. The zero-order valence-corrected chi connectivity index (χ0v) is 37.4. The Morgan fingerprint density at radius 2 is 1.03 bits per heavy atom. The van der Waals surface area contributed by atoms with Crippen molar-refractivity contribution in [2.75, 3.05) is 6.61 Å². The maximum atomic E-state index is 13.1. The minimum Gasteiger partial charge on any atom is -0.461 e. The lowest BCUT2D eigenvalue weighted by atomic mass is 10.0. The Kier molecular flexibility index (Phi) is 42.4. The van der Waals surface area contributed by atoms with Crippen LogP contribution in [0, 0.1) is 0 Å². The summed E-state index contributed by atoms with van der Waals surface area (Å²) in [4.78, 5) is 26.0. The smallest absolute Gasteiger partial charge is 0.306 e. The van der Waals surface area contributed by atoms with Crippen molar-refractivity contribution in [1.29, 1.82) is 0 Å². The number of allylic oxidation sites excluding steroid dienone is 15. The molecule has 58 heavy (non-hydrogen) atoms. The van der Waals surface area contributed by atoms with Crippen molar-refractivity contribution in [3.63, 3.8) is 0 Å². The van der Waals surface area contributed by atoms with Gasteiger partial charge < -0.3 is 20.3 Å². The first-order valence-electron chi connectivity index (χ1n) is 23.5. The summed E-state index contributed by atoms with van der Waals surface area (Å²) in [6.45, 7) is 6.17. The van der Waals surface area contributed by atoms with Crippen LogP contribution in [0.25, 0.3) is 0 Å². The normalized spacial score (nSPS) is 14.2. The van der Waals surface area contributed by atoms with E-state index in [9.17, 15) is 19.8 Å². The second-order valence-electron chi connectivity index (χ2n) is 15.5. The van der Waals surface area contributed by atoms with Gasteiger partial charge in [-0.3, -0.25) is 9.59 Å². The molecule has 0 spiro atoms. The first-order valence-corrected chi connectivity index (χ1v) is 23.5. The van der Waals surface area contributed by atoms with E-state index in [4.69, 9.17) is 4.74 Å². The fourth-order valence-electron chi connectivity index (χ4n) is 6.45. The topological polar surface area (TPSA) is 95.9 Å². The molecule has 0 radical (unpaired) electrons. The minimum atomic E-state index is -0.819. The van der Waals surface area contributed by atoms with Crippen molar-refractivity contribution >= 4 is 11.9 Å². The highest BCUT2D eigenvalue weighted by atomic mass is 16.5. The van der Waals surface area contributed by atoms with Gasteiger partial charge in [0.2, 0.25) is 5.91 Å². The standard InChI is InChI=1S/C52H87NO5/c1-4-7-10-13-16-19-22-24-25-27-29-31-34-37-40-43-48(58-52(57)45-42-39-36-33-30-26-23-20-17-14-11-8-5-2)46-51(56)53-49(47-54)50(55)44-41-38-35-32-28-21-18-15-12-9-6-3/h7-8,10-11,14,16-17,19-20,23-25,29,31,37,40,48-50,54-55H,4-6,9,12-13,15,18,21-22,26-28,30,32-36,38-39,41-47H2,1-3H3,(H,53,56)/b10-7-,11-8+,17-14+,19-16-,23-20-,25-24-,31-29-,40-37-. The van der Waals surface area contributed by atoms with Crippen LogP contribution in [0.2, 0.25) is 0 Å². The van der Waals surface area contributed by atoms with E-state index in [1.165, 1.54) is 51.4 Å². The van der Waals surface area contributed by atoms with Gasteiger partial charge in [0.1, 0.15) is 6.10 Å². The van der Waals surface area contributed by atoms with Gasteiger partial charge in [-0.05, 0) is 64.2 Å². The van der Waals surface area contributed by atoms with Gasteiger partial charge in [-0.1, -0.05) is 208 Å². The van der Waals surface area contributed by atoms with Crippen LogP contribution in [0.5, 0.6) is 0 Å². The molecule has 0 fully saturated rings. The number of ether oxygens (including phenoxy) is 1. The molecule has 3 atom stereocenters. The van der Waals surface area contributed by atoms with Crippen molar-refractivity contribution in [2.45, 2.75) is 212 Å². The first-order chi connectivity index (χ1) is 28.5. The maximum Gasteiger partial charge on any atom is 0.306 e. The third kappa shape index (κ3) is 39.6. The second-order valence-corrected chi connectivity index (χ2v) is 15.5. The number of hydrogen-bond donors (Lipinski definition) is 3. The van der Waals surface area contributed by atoms with Crippen molar-refractivity contribution in [1.82, 2.24) is 5.32 Å². The van der Waals surface area contributed by atoms with Crippen molar-refractivity contribution in [3.8, 4) is 0 Å². The van der Waals surface area contributed by atoms with Crippen LogP contribution < -0.4 is 5.32 Å². The van der Waals surface area contributed by atoms with E-state index < -0.39 is 18.2 Å². The summed E-state index contributed by atoms with van der Waals surface area (Å²) in [5.41, 5.74) is 0. The molecule has 3 unspecified atom stereocenters. The zero-order valence-electron chi connectivity index (χ0n) is 37.4. The Morgan fingerprint density at radius 1 is 0.552 bits per heavy atom. The van der Waals surface area contributed by atoms with Crippen LogP contribution in [0.3, 0.4) is 0 Å². The van der Waals surface area contributed by atoms with E-state index in [2.05, 4.69) is 111 Å². The molecular weight excluding hydrogens is 719 g/mol. The maximum absolute atomic E-state index is 13.1. The molecule has 330 valence electrons. The molecule has 0 aromatic carbocycles. The predicted octanol–water partition coefficient (Wildman–Crippen LogP) is 13.8. The van der Waals surface area contributed by atoms with E-state index in [-0.39, 0.29) is 24.9 Å². The summed E-state index contributed by atoms with van der Waals surface area (Å²) in [6, 6.07) is -0.740. The Bertz CT molecular complexity index is 1180. The number of aliphatic hydroxyl groups is 2. The monoisotopic (exact) mass is 806 g/mol. The van der Waals surface area contributed by atoms with Gasteiger partial charge in [-0.15, -0.1) is 0 Å². The summed E-state index contributed by atoms with van der Waals surface area (Å²) >= 11 is 0. The minimum absolute atomic E-state index is 0.0146. The zero-order chi connectivity index (χ0) is 42.4. The highest BCUT2D eigenvalue weighted by Gasteiger charge is 2.23. The third-order valence-electron chi connectivity index (χ3n) is 9.97. The Hall–Kier alpha value is -3.22. The molecule has 0 heterocycles. The number of hydrogen-bond acceptors (Lipinski definition) is 5. The summed E-state index contributed by atoms with van der Waals surface area (Å²) in [5.74, 6) is -0.614. The molecule has 3 N–H and O–H groups in total. The average molecular weight is 806 g/mol. The number of unbranched alkanes of at least 4 members (excludes halogenated alkanes) is 15. The van der Waals surface area contributed by atoms with Crippen molar-refractivity contribution < 1.29 is 24.5 Å². The van der Waals surface area contributed by atoms with Crippen LogP contribution >= 0.6 is 0 Å². The van der Waals surface area contributed by atoms with Crippen molar-refractivity contribution in [3.05, 3.63) is 97.2 Å². The predicted molar refractivity (Wildman–Crippen MR) is 250 cm³/mol. The molecule has 0 aliphatic rings. The number of nitrogens with one attached hydrogen (secondary N) is 1. The first kappa shape index (κ1) is 54.8. The van der Waals surface area contributed by atoms with E-state index in [0.717, 1.165) is 96.3 Å². The van der Waals surface area contributed by atoms with Gasteiger partial charge in [0, 0.05) is 12.8 Å². The molecule has 6 heteroatoms. The molecule has 0 aliphatic heterocycles. The molecule has 0 rings (SSSR count). The van der Waals surface area contributed by atoms with Crippen LogP contribution in [0.1, 0.15) is 194 Å². The Morgan fingerprint density at radius 3 is 1.59 bits per heavy atom. The number of carbonyl (C=O) groups excluding carboxylic acids is 2. The lowest BCUT2D eigenvalue weighted by Gasteiger charge is -2.24. The fraction of sp³-hybridized carbons (Fsp3) is 0.654. The van der Waals surface area contributed by atoms with Crippen LogP contribution in [0.15, 0.2) is 97.2 Å². The summed E-state index contributed by atoms with van der Waals surface area (Å²) < 4.78 is 5.83. The van der Waals surface area contributed by atoms with Gasteiger partial charge in [0.25, 0.3) is 0 Å². The molecule has 0 aliphatic carbocycles. The van der Waals surface area contributed by atoms with Crippen LogP contribution in [-0.4, -0.2) is 46.9 Å². The van der Waals surface area contributed by atoms with Crippen LogP contribution in [0.4, 0.5) is 0 Å². The van der Waals surface area contributed by atoms with E-state index in [1.54, 1.807) is 0 Å². The molecule has 0 saturated carbocycles. The molecule has 0 aromatic heterocycles. The van der Waals surface area contributed by atoms with Gasteiger partial charge >= 0.3 is 5.97 Å². The van der Waals surface area contributed by atoms with E-state index in [0.29, 0.717) is 19.3 Å². The lowest BCUT2D eigenvalue weighted by molar-refractivity contribution is -0.150. The number of carbonyl (C=O) groups is 2. The van der Waals surface area contributed by atoms with Gasteiger partial charge in [-0.25, -0.2) is 0 Å². The van der Waals surface area contributed by atoms with E-state index in [1.807, 2.05) is 12.2 Å². The Labute approximate surface area is 356 Å². The van der Waals surface area contributed by atoms with Crippen molar-refractivity contribution in [2.24, 2.45) is 0 Å². The third-order valence-corrected chi connectivity index (χ3v) is 9.97. The molecular formula is C52H87NO5. The number of amides is 1. The Balaban J connectivity index is 4.81. The quantitative estimate of drug-likeness (QED) is 0.0248. The summed E-state index contributed by atoms with van der Waals surface area (Å²) in [6.07, 6.45) is 59.1. The average Bonchev–Trinajstić information content (AvgIpc) is 3.22. The summed E-state index contributed by atoms with van der Waals surface area (Å²) in [7, 11) is 0. The number of esters is 1. The molecule has 0 saturated heterocycles. The fourth-order valence-corrected chi connectivity index (χ4v) is 6.45.